The van der Waals surface area contributed by atoms with Crippen LogP contribution in [0.2, 0.25) is 5.02 Å². The van der Waals surface area contributed by atoms with Crippen LogP contribution >= 0.6 is 11.6 Å². The summed E-state index contributed by atoms with van der Waals surface area (Å²) >= 11 is 6.36. The summed E-state index contributed by atoms with van der Waals surface area (Å²) in [6, 6.07) is 7.17. The van der Waals surface area contributed by atoms with Gasteiger partial charge in [-0.05, 0) is 45.2 Å². The lowest BCUT2D eigenvalue weighted by Crippen LogP contribution is -2.22. The molecule has 0 spiro atoms. The van der Waals surface area contributed by atoms with Crippen molar-refractivity contribution in [3.05, 3.63) is 51.9 Å². The smallest absolute Gasteiger partial charge is 0.251 e. The maximum absolute atomic E-state index is 11.9. The number of fused-ring (bicyclic) bond motifs is 1. The average Bonchev–Trinajstić information content (AvgIpc) is 2.86. The fourth-order valence-corrected chi connectivity index (χ4v) is 3.30. The van der Waals surface area contributed by atoms with Crippen molar-refractivity contribution < 1.29 is 13.9 Å². The van der Waals surface area contributed by atoms with E-state index in [1.165, 1.54) is 0 Å². The van der Waals surface area contributed by atoms with Gasteiger partial charge in [0.15, 0.2) is 0 Å². The molecule has 6 heteroatoms. The van der Waals surface area contributed by atoms with E-state index in [1.807, 2.05) is 19.9 Å². The lowest BCUT2D eigenvalue weighted by molar-refractivity contribution is 0.0955. The second-order valence-electron chi connectivity index (χ2n) is 6.37. The maximum atomic E-state index is 11.9. The summed E-state index contributed by atoms with van der Waals surface area (Å²) in [5, 5.41) is 3.20. The van der Waals surface area contributed by atoms with Crippen molar-refractivity contribution in [2.75, 3.05) is 20.1 Å². The molecule has 1 N–H and O–H groups in total. The largest absolute Gasteiger partial charge is 0.484 e. The van der Waals surface area contributed by atoms with Gasteiger partial charge in [0.05, 0.1) is 11.6 Å². The van der Waals surface area contributed by atoms with Crippen LogP contribution in [0, 0.1) is 6.92 Å². The van der Waals surface area contributed by atoms with Crippen LogP contribution in [0.5, 0.6) is 5.75 Å². The summed E-state index contributed by atoms with van der Waals surface area (Å²) in [5.41, 5.74) is 1.60. The van der Waals surface area contributed by atoms with E-state index in [1.54, 1.807) is 18.2 Å². The lowest BCUT2D eigenvalue weighted by Gasteiger charge is -2.19. The molecule has 1 amide bonds. The predicted octanol–water partition coefficient (Wildman–Crippen LogP) is 3.95. The predicted molar refractivity (Wildman–Crippen MR) is 97.2 cm³/mol. The van der Waals surface area contributed by atoms with Crippen LogP contribution < -0.4 is 10.1 Å². The minimum absolute atomic E-state index is 0.120. The Morgan fingerprint density at radius 2 is 2.24 bits per heavy atom. The van der Waals surface area contributed by atoms with Gasteiger partial charge in [0.25, 0.3) is 5.91 Å². The number of nitrogens with zero attached hydrogens (tertiary/aromatic N) is 1. The quantitative estimate of drug-likeness (QED) is 0.894. The van der Waals surface area contributed by atoms with Gasteiger partial charge in [-0.3, -0.25) is 9.69 Å². The van der Waals surface area contributed by atoms with Crippen LogP contribution in [0.4, 0.5) is 0 Å². The first kappa shape index (κ1) is 17.8. The van der Waals surface area contributed by atoms with E-state index in [9.17, 15) is 4.79 Å². The minimum atomic E-state index is -0.139. The first-order valence-electron chi connectivity index (χ1n) is 8.50. The maximum Gasteiger partial charge on any atom is 0.251 e. The molecule has 5 nitrogen and oxygen atoms in total. The number of furan rings is 1. The molecule has 0 saturated carbocycles. The Labute approximate surface area is 152 Å². The Hall–Kier alpha value is -1.98. The van der Waals surface area contributed by atoms with Crippen molar-refractivity contribution >= 4 is 17.5 Å². The van der Waals surface area contributed by atoms with Crippen LogP contribution in [0.15, 0.2) is 28.7 Å². The highest BCUT2D eigenvalue weighted by atomic mass is 35.5. The van der Waals surface area contributed by atoms with Crippen molar-refractivity contribution in [2.45, 2.75) is 32.9 Å². The molecule has 2 heterocycles. The molecule has 0 radical (unpaired) electrons. The monoisotopic (exact) mass is 362 g/mol. The second kappa shape index (κ2) is 7.50. The standard InChI is InChI=1S/C19H23ClN2O3/c1-4-21-19(23)13-5-6-17(15(20)10-13)25-16-7-8-22(3)11-18-14(16)9-12(2)24-18/h5-6,9-10,16H,4,7-8,11H2,1-3H3,(H,21,23). The topological polar surface area (TPSA) is 54.7 Å². The van der Waals surface area contributed by atoms with Crippen molar-refractivity contribution in [1.82, 2.24) is 10.2 Å². The number of benzene rings is 1. The zero-order valence-corrected chi connectivity index (χ0v) is 15.5. The Kier molecular flexibility index (Phi) is 5.35. The fraction of sp³-hybridized carbons (Fsp3) is 0.421. The molecule has 1 atom stereocenters. The van der Waals surface area contributed by atoms with E-state index in [0.717, 1.165) is 36.6 Å². The van der Waals surface area contributed by atoms with Gasteiger partial charge < -0.3 is 14.5 Å². The van der Waals surface area contributed by atoms with Crippen LogP contribution in [0.1, 0.15) is 46.9 Å². The van der Waals surface area contributed by atoms with Gasteiger partial charge in [-0.1, -0.05) is 11.6 Å². The number of carbonyl (C=O) groups excluding carboxylic acids is 1. The number of ether oxygens (including phenoxy) is 1. The summed E-state index contributed by atoms with van der Waals surface area (Å²) in [4.78, 5) is 14.1. The zero-order valence-electron chi connectivity index (χ0n) is 14.8. The molecule has 3 rings (SSSR count). The van der Waals surface area contributed by atoms with E-state index >= 15 is 0 Å². The highest BCUT2D eigenvalue weighted by molar-refractivity contribution is 6.32. The van der Waals surface area contributed by atoms with E-state index in [2.05, 4.69) is 17.3 Å². The highest BCUT2D eigenvalue weighted by Gasteiger charge is 2.26. The molecule has 0 saturated heterocycles. The van der Waals surface area contributed by atoms with Crippen molar-refractivity contribution in [1.29, 1.82) is 0 Å². The molecule has 1 unspecified atom stereocenters. The summed E-state index contributed by atoms with van der Waals surface area (Å²) < 4.78 is 12.0. The number of hydrogen-bond donors (Lipinski definition) is 1. The third-order valence-corrected chi connectivity index (χ3v) is 4.59. The number of nitrogens with one attached hydrogen (secondary N) is 1. The van der Waals surface area contributed by atoms with Crippen molar-refractivity contribution in [3.63, 3.8) is 0 Å². The average molecular weight is 363 g/mol. The molecule has 1 aliphatic heterocycles. The molecule has 0 bridgehead atoms. The third kappa shape index (κ3) is 3.99. The molecule has 0 fully saturated rings. The molecule has 2 aromatic rings. The van der Waals surface area contributed by atoms with E-state index in [0.29, 0.717) is 22.9 Å². The van der Waals surface area contributed by atoms with Gasteiger partial charge in [0.1, 0.15) is 23.4 Å². The Balaban J connectivity index is 1.83. The lowest BCUT2D eigenvalue weighted by atomic mass is 10.1. The van der Waals surface area contributed by atoms with Crippen LogP contribution in [-0.2, 0) is 6.54 Å². The second-order valence-corrected chi connectivity index (χ2v) is 6.78. The van der Waals surface area contributed by atoms with E-state index in [-0.39, 0.29) is 12.0 Å². The normalized spacial score (nSPS) is 17.7. The molecule has 0 aliphatic carbocycles. The van der Waals surface area contributed by atoms with Gasteiger partial charge in [-0.25, -0.2) is 0 Å². The Bertz CT molecular complexity index is 772. The van der Waals surface area contributed by atoms with Gasteiger partial charge in [0, 0.05) is 30.6 Å². The summed E-state index contributed by atoms with van der Waals surface area (Å²) in [6.07, 6.45) is 0.724. The van der Waals surface area contributed by atoms with Crippen molar-refractivity contribution in [2.24, 2.45) is 0 Å². The molecular weight excluding hydrogens is 340 g/mol. The van der Waals surface area contributed by atoms with E-state index in [4.69, 9.17) is 20.8 Å². The molecule has 1 aromatic heterocycles. The number of carbonyl (C=O) groups is 1. The van der Waals surface area contributed by atoms with Crippen LogP contribution in [0.25, 0.3) is 0 Å². The molecule has 25 heavy (non-hydrogen) atoms. The van der Waals surface area contributed by atoms with Crippen LogP contribution in [0.3, 0.4) is 0 Å². The summed E-state index contributed by atoms with van der Waals surface area (Å²) in [6.45, 7) is 6.08. The first-order chi connectivity index (χ1) is 12.0. The molecule has 1 aliphatic rings. The van der Waals surface area contributed by atoms with Crippen LogP contribution in [-0.4, -0.2) is 30.9 Å². The minimum Gasteiger partial charge on any atom is -0.484 e. The summed E-state index contributed by atoms with van der Waals surface area (Å²) in [5.74, 6) is 2.26. The summed E-state index contributed by atoms with van der Waals surface area (Å²) in [7, 11) is 2.07. The van der Waals surface area contributed by atoms with Gasteiger partial charge in [0.2, 0.25) is 0 Å². The Morgan fingerprint density at radius 1 is 1.44 bits per heavy atom. The molecule has 134 valence electrons. The van der Waals surface area contributed by atoms with Gasteiger partial charge in [-0.15, -0.1) is 0 Å². The highest BCUT2D eigenvalue weighted by Crippen LogP contribution is 2.35. The zero-order chi connectivity index (χ0) is 18.0. The van der Waals surface area contributed by atoms with Gasteiger partial charge in [-0.2, -0.15) is 0 Å². The van der Waals surface area contributed by atoms with Crippen molar-refractivity contribution in [3.8, 4) is 5.75 Å². The molecule has 1 aromatic carbocycles. The Morgan fingerprint density at radius 3 is 2.96 bits per heavy atom. The molecular formula is C19H23ClN2O3. The third-order valence-electron chi connectivity index (χ3n) is 4.30. The number of aryl methyl sites for hydroxylation is 1. The first-order valence-corrected chi connectivity index (χ1v) is 8.88. The van der Waals surface area contributed by atoms with E-state index < -0.39 is 0 Å². The number of halogens is 1. The number of rotatable bonds is 4. The van der Waals surface area contributed by atoms with Gasteiger partial charge >= 0.3 is 0 Å². The number of hydrogen-bond acceptors (Lipinski definition) is 4. The SMILES string of the molecule is CCNC(=O)c1ccc(OC2CCN(C)Cc3oc(C)cc32)c(Cl)c1. The fourth-order valence-electron chi connectivity index (χ4n) is 3.07. The number of amides is 1.